The summed E-state index contributed by atoms with van der Waals surface area (Å²) in [5.74, 6) is 6.09. The number of aromatic nitrogens is 1. The summed E-state index contributed by atoms with van der Waals surface area (Å²) in [5, 5.41) is 0. The Balaban J connectivity index is 1.56. The number of fused-ring (bicyclic) bond motifs is 1. The third-order valence-corrected chi connectivity index (χ3v) is 5.60. The molecule has 2 unspecified atom stereocenters. The Morgan fingerprint density at radius 1 is 1.12 bits per heavy atom. The molecule has 0 spiro atoms. The molecule has 132 valence electrons. The molecule has 1 aliphatic heterocycles. The van der Waals surface area contributed by atoms with E-state index < -0.39 is 0 Å². The quantitative estimate of drug-likeness (QED) is 0.736. The number of hydrogen-bond acceptors (Lipinski definition) is 2. The smallest absolute Gasteiger partial charge is 0.232 e. The van der Waals surface area contributed by atoms with Crippen LogP contribution in [-0.4, -0.2) is 28.9 Å². The molecular formula is C22H21FN2O. The van der Waals surface area contributed by atoms with Crippen molar-refractivity contribution in [3.8, 4) is 11.8 Å². The Labute approximate surface area is 153 Å². The molecule has 0 radical (unpaired) electrons. The predicted molar refractivity (Wildman–Crippen MR) is 97.9 cm³/mol. The van der Waals surface area contributed by atoms with Gasteiger partial charge in [-0.3, -0.25) is 9.78 Å². The highest BCUT2D eigenvalue weighted by molar-refractivity contribution is 5.86. The zero-order valence-electron chi connectivity index (χ0n) is 14.8. The lowest BCUT2D eigenvalue weighted by atomic mass is 9.78. The Kier molecular flexibility index (Phi) is 4.46. The predicted octanol–water partition coefficient (Wildman–Crippen LogP) is 3.73. The first kappa shape index (κ1) is 16.8. The zero-order chi connectivity index (χ0) is 18.1. The van der Waals surface area contributed by atoms with Crippen LogP contribution in [0.5, 0.6) is 0 Å². The van der Waals surface area contributed by atoms with Gasteiger partial charge in [0.1, 0.15) is 5.82 Å². The summed E-state index contributed by atoms with van der Waals surface area (Å²) in [4.78, 5) is 19.2. The van der Waals surface area contributed by atoms with E-state index in [1.54, 1.807) is 18.3 Å². The van der Waals surface area contributed by atoms with E-state index in [1.807, 2.05) is 24.1 Å². The highest BCUT2D eigenvalue weighted by Gasteiger charge is 2.48. The second kappa shape index (κ2) is 6.92. The number of rotatable bonds is 1. The van der Waals surface area contributed by atoms with Gasteiger partial charge in [0.25, 0.3) is 0 Å². The number of pyridine rings is 1. The van der Waals surface area contributed by atoms with E-state index in [9.17, 15) is 9.18 Å². The molecule has 1 saturated carbocycles. The van der Waals surface area contributed by atoms with Crippen molar-refractivity contribution in [1.82, 2.24) is 9.88 Å². The minimum absolute atomic E-state index is 0.129. The Morgan fingerprint density at radius 3 is 2.69 bits per heavy atom. The van der Waals surface area contributed by atoms with Crippen molar-refractivity contribution in [2.24, 2.45) is 5.92 Å². The normalized spacial score (nSPS) is 24.8. The summed E-state index contributed by atoms with van der Waals surface area (Å²) in [6, 6.07) is 10.4. The number of likely N-dealkylation sites (tertiary alicyclic amines) is 1. The van der Waals surface area contributed by atoms with Gasteiger partial charge in [0.15, 0.2) is 0 Å². The fraction of sp³-hybridized carbons (Fsp3) is 0.364. The van der Waals surface area contributed by atoms with Gasteiger partial charge in [-0.15, -0.1) is 0 Å². The summed E-state index contributed by atoms with van der Waals surface area (Å²) in [5.41, 5.74) is 2.23. The van der Waals surface area contributed by atoms with Crippen molar-refractivity contribution in [1.29, 1.82) is 0 Å². The number of benzene rings is 1. The van der Waals surface area contributed by atoms with Crippen LogP contribution in [-0.2, 0) is 4.79 Å². The maximum Gasteiger partial charge on any atom is 0.232 e. The minimum Gasteiger partial charge on any atom is -0.342 e. The number of halogens is 1. The van der Waals surface area contributed by atoms with Gasteiger partial charge in [-0.1, -0.05) is 30.7 Å². The van der Waals surface area contributed by atoms with Crippen molar-refractivity contribution in [2.75, 3.05) is 7.05 Å². The van der Waals surface area contributed by atoms with Gasteiger partial charge in [0.2, 0.25) is 5.91 Å². The van der Waals surface area contributed by atoms with Gasteiger partial charge in [0.05, 0.1) is 11.6 Å². The first-order valence-electron chi connectivity index (χ1n) is 9.14. The highest BCUT2D eigenvalue weighted by atomic mass is 19.1. The van der Waals surface area contributed by atoms with Crippen LogP contribution >= 0.6 is 0 Å². The number of likely N-dealkylation sites (N-methyl/N-ethyl adjacent to an activating group) is 1. The maximum absolute atomic E-state index is 13.2. The molecule has 4 rings (SSSR count). The van der Waals surface area contributed by atoms with Crippen molar-refractivity contribution in [3.63, 3.8) is 0 Å². The van der Waals surface area contributed by atoms with E-state index in [-0.39, 0.29) is 17.6 Å². The second-order valence-corrected chi connectivity index (χ2v) is 7.17. The molecular weight excluding hydrogens is 327 g/mol. The van der Waals surface area contributed by atoms with E-state index in [2.05, 4.69) is 16.8 Å². The van der Waals surface area contributed by atoms with Gasteiger partial charge in [-0.05, 0) is 49.1 Å². The van der Waals surface area contributed by atoms with Crippen molar-refractivity contribution >= 4 is 5.91 Å². The summed E-state index contributed by atoms with van der Waals surface area (Å²) in [7, 11) is 1.92. The molecule has 0 N–H and O–H groups in total. The topological polar surface area (TPSA) is 33.2 Å². The van der Waals surface area contributed by atoms with Gasteiger partial charge in [0, 0.05) is 30.4 Å². The Morgan fingerprint density at radius 2 is 1.92 bits per heavy atom. The fourth-order valence-corrected chi connectivity index (χ4v) is 4.30. The third kappa shape index (κ3) is 3.10. The average Bonchev–Trinajstić information content (AvgIpc) is 2.92. The number of nitrogens with zero attached hydrogens (tertiary/aromatic N) is 2. The molecule has 1 aliphatic carbocycles. The molecule has 4 heteroatoms. The molecule has 0 bridgehead atoms. The summed E-state index contributed by atoms with van der Waals surface area (Å²) >= 11 is 0. The van der Waals surface area contributed by atoms with E-state index >= 15 is 0 Å². The molecule has 2 heterocycles. The number of carbonyl (C=O) groups is 1. The van der Waals surface area contributed by atoms with E-state index in [0.717, 1.165) is 24.1 Å². The van der Waals surface area contributed by atoms with Gasteiger partial charge < -0.3 is 4.90 Å². The first-order valence-corrected chi connectivity index (χ1v) is 9.14. The number of hydrogen-bond donors (Lipinski definition) is 0. The molecule has 2 aromatic rings. The molecule has 2 fully saturated rings. The minimum atomic E-state index is -0.295. The van der Waals surface area contributed by atoms with Crippen LogP contribution in [0.1, 0.15) is 48.4 Å². The summed E-state index contributed by atoms with van der Waals surface area (Å²) in [6.45, 7) is 0. The lowest BCUT2D eigenvalue weighted by Gasteiger charge is -2.29. The first-order chi connectivity index (χ1) is 12.6. The highest BCUT2D eigenvalue weighted by Crippen LogP contribution is 2.44. The average molecular weight is 348 g/mol. The van der Waals surface area contributed by atoms with Crippen LogP contribution in [0.3, 0.4) is 0 Å². The maximum atomic E-state index is 13.2. The van der Waals surface area contributed by atoms with E-state index in [4.69, 9.17) is 0 Å². The van der Waals surface area contributed by atoms with Crippen molar-refractivity contribution < 1.29 is 9.18 Å². The SMILES string of the molecule is CN1C(=O)C(c2ccc(C#Cc3cccc(F)c3)cn2)[C@@H]2CCCCC21. The standard InChI is InChI=1S/C22H21FN2O/c1-25-20-8-3-2-7-18(20)21(22(25)26)19-12-11-16(14-24-19)10-9-15-5-4-6-17(23)13-15/h4-6,11-14,18,20-21H,2-3,7-8H2,1H3/t18-,20?,21?/m1/s1. The zero-order valence-corrected chi connectivity index (χ0v) is 14.8. The largest absolute Gasteiger partial charge is 0.342 e. The van der Waals surface area contributed by atoms with Crippen LogP contribution in [0.2, 0.25) is 0 Å². The number of carbonyl (C=O) groups excluding carboxylic acids is 1. The van der Waals surface area contributed by atoms with Gasteiger partial charge >= 0.3 is 0 Å². The fourth-order valence-electron chi connectivity index (χ4n) is 4.30. The Hall–Kier alpha value is -2.67. The van der Waals surface area contributed by atoms with E-state index in [0.29, 0.717) is 17.5 Å². The van der Waals surface area contributed by atoms with Gasteiger partial charge in [-0.25, -0.2) is 4.39 Å². The molecule has 26 heavy (non-hydrogen) atoms. The molecule has 1 saturated heterocycles. The molecule has 3 nitrogen and oxygen atoms in total. The van der Waals surface area contributed by atoms with Crippen LogP contribution in [0, 0.1) is 23.6 Å². The molecule has 1 amide bonds. The van der Waals surface area contributed by atoms with Crippen LogP contribution in [0.15, 0.2) is 42.6 Å². The summed E-state index contributed by atoms with van der Waals surface area (Å²) < 4.78 is 13.2. The van der Waals surface area contributed by atoms with Crippen LogP contribution in [0.4, 0.5) is 4.39 Å². The lowest BCUT2D eigenvalue weighted by molar-refractivity contribution is -0.128. The van der Waals surface area contributed by atoms with Crippen molar-refractivity contribution in [3.05, 3.63) is 65.2 Å². The monoisotopic (exact) mass is 348 g/mol. The molecule has 2 aliphatic rings. The molecule has 3 atom stereocenters. The van der Waals surface area contributed by atoms with E-state index in [1.165, 1.54) is 25.0 Å². The lowest BCUT2D eigenvalue weighted by Crippen LogP contribution is -2.33. The van der Waals surface area contributed by atoms with Crippen LogP contribution < -0.4 is 0 Å². The molecule has 1 aromatic carbocycles. The van der Waals surface area contributed by atoms with Crippen molar-refractivity contribution in [2.45, 2.75) is 37.6 Å². The van der Waals surface area contributed by atoms with Crippen LogP contribution in [0.25, 0.3) is 0 Å². The van der Waals surface area contributed by atoms with Gasteiger partial charge in [-0.2, -0.15) is 0 Å². The molecule has 1 aromatic heterocycles. The second-order valence-electron chi connectivity index (χ2n) is 7.17. The third-order valence-electron chi connectivity index (χ3n) is 5.60. The summed E-state index contributed by atoms with van der Waals surface area (Å²) in [6.07, 6.45) is 6.30. The Bertz CT molecular complexity index is 881. The number of amides is 1.